The number of hydrogen-bond donors (Lipinski definition) is 0. The lowest BCUT2D eigenvalue weighted by atomic mass is 10.0. The van der Waals surface area contributed by atoms with Crippen molar-refractivity contribution in [2.45, 2.75) is 25.4 Å². The van der Waals surface area contributed by atoms with E-state index < -0.39 is 0 Å². The molecule has 0 N–H and O–H groups in total. The number of hydrogen-bond acceptors (Lipinski definition) is 6. The second-order valence-electron chi connectivity index (χ2n) is 8.85. The Morgan fingerprint density at radius 2 is 1.74 bits per heavy atom. The largest absolute Gasteiger partial charge is 0.370 e. The Kier molecular flexibility index (Phi) is 6.40. The number of morpholine rings is 1. The first-order valence-corrected chi connectivity index (χ1v) is 11.8. The molecule has 1 atom stereocenters. The highest BCUT2D eigenvalue weighted by Crippen LogP contribution is 2.26. The van der Waals surface area contributed by atoms with Crippen molar-refractivity contribution < 1.29 is 9.53 Å². The van der Waals surface area contributed by atoms with Gasteiger partial charge in [0.25, 0.3) is 11.5 Å². The number of likely N-dealkylation sites (tertiary alicyclic amines) is 1. The van der Waals surface area contributed by atoms with Gasteiger partial charge in [-0.05, 0) is 49.1 Å². The zero-order valence-electron chi connectivity index (χ0n) is 19.4. The number of ether oxygens (including phenoxy) is 1. The molecule has 0 radical (unpaired) electrons. The van der Waals surface area contributed by atoms with Gasteiger partial charge in [-0.3, -0.25) is 19.1 Å². The first kappa shape index (κ1) is 22.3. The zero-order valence-corrected chi connectivity index (χ0v) is 19.4. The Morgan fingerprint density at radius 1 is 1.00 bits per heavy atom. The van der Waals surface area contributed by atoms with Crippen molar-refractivity contribution in [1.82, 2.24) is 19.4 Å². The number of nitrogens with zero attached hydrogens (tertiary/aromatic N) is 5. The summed E-state index contributed by atoms with van der Waals surface area (Å²) in [6.45, 7) is 3.41. The number of carbonyl (C=O) groups excluding carboxylic acids is 1. The zero-order chi connectivity index (χ0) is 23.5. The van der Waals surface area contributed by atoms with Gasteiger partial charge in [0.1, 0.15) is 6.10 Å². The average molecular weight is 460 g/mol. The molecule has 2 fully saturated rings. The molecule has 4 heterocycles. The van der Waals surface area contributed by atoms with Crippen LogP contribution in [-0.2, 0) is 11.8 Å². The minimum atomic E-state index is -0.172. The molecule has 0 bridgehead atoms. The summed E-state index contributed by atoms with van der Waals surface area (Å²) in [6.07, 6.45) is 6.57. The maximum Gasteiger partial charge on any atom is 0.255 e. The van der Waals surface area contributed by atoms with Gasteiger partial charge in [0.05, 0.1) is 18.8 Å². The molecule has 0 unspecified atom stereocenters. The summed E-state index contributed by atoms with van der Waals surface area (Å²) in [5, 5.41) is 0. The second-order valence-corrected chi connectivity index (χ2v) is 8.85. The number of rotatable bonds is 4. The predicted molar refractivity (Wildman–Crippen MR) is 130 cm³/mol. The topological polar surface area (TPSA) is 80.6 Å². The molecule has 2 aliphatic heterocycles. The van der Waals surface area contributed by atoms with Crippen LogP contribution in [0.4, 0.5) is 5.95 Å². The van der Waals surface area contributed by atoms with Gasteiger partial charge >= 0.3 is 0 Å². The smallest absolute Gasteiger partial charge is 0.255 e. The number of carbonyl (C=O) groups is 1. The monoisotopic (exact) mass is 459 g/mol. The molecule has 8 nitrogen and oxygen atoms in total. The maximum atomic E-state index is 12.8. The van der Waals surface area contributed by atoms with Crippen LogP contribution in [0.25, 0.3) is 11.3 Å². The van der Waals surface area contributed by atoms with E-state index >= 15 is 0 Å². The minimum Gasteiger partial charge on any atom is -0.370 e. The van der Waals surface area contributed by atoms with E-state index in [-0.39, 0.29) is 17.6 Å². The van der Waals surface area contributed by atoms with Gasteiger partial charge in [0.2, 0.25) is 5.95 Å². The number of amides is 1. The van der Waals surface area contributed by atoms with Crippen LogP contribution in [0.2, 0.25) is 0 Å². The summed E-state index contributed by atoms with van der Waals surface area (Å²) >= 11 is 0. The normalized spacial score (nSPS) is 18.7. The van der Waals surface area contributed by atoms with Crippen LogP contribution in [0.3, 0.4) is 0 Å². The summed E-state index contributed by atoms with van der Waals surface area (Å²) in [5.74, 6) is 0.717. The molecule has 8 heteroatoms. The third-order valence-corrected chi connectivity index (χ3v) is 6.61. The lowest BCUT2D eigenvalue weighted by Gasteiger charge is -2.34. The number of aromatic nitrogens is 3. The van der Waals surface area contributed by atoms with Gasteiger partial charge in [-0.15, -0.1) is 0 Å². The summed E-state index contributed by atoms with van der Waals surface area (Å²) < 4.78 is 7.63. The third-order valence-electron chi connectivity index (χ3n) is 6.61. The van der Waals surface area contributed by atoms with E-state index in [1.165, 1.54) is 6.42 Å². The molecular formula is C26H29N5O3. The van der Waals surface area contributed by atoms with Crippen molar-refractivity contribution >= 4 is 11.9 Å². The Bertz CT molecular complexity index is 1200. The molecule has 1 aromatic carbocycles. The molecule has 2 aliphatic rings. The average Bonchev–Trinajstić information content (AvgIpc) is 2.91. The van der Waals surface area contributed by atoms with Crippen molar-refractivity contribution in [2.75, 3.05) is 37.7 Å². The number of piperidine rings is 1. The van der Waals surface area contributed by atoms with Crippen LogP contribution in [0.15, 0.2) is 59.7 Å². The maximum absolute atomic E-state index is 12.8. The van der Waals surface area contributed by atoms with Crippen LogP contribution in [-0.4, -0.2) is 58.1 Å². The molecule has 3 aromatic rings. The summed E-state index contributed by atoms with van der Waals surface area (Å²) in [4.78, 5) is 38.3. The van der Waals surface area contributed by atoms with Crippen LogP contribution >= 0.6 is 0 Å². The highest BCUT2D eigenvalue weighted by atomic mass is 16.5. The molecule has 1 amide bonds. The van der Waals surface area contributed by atoms with Gasteiger partial charge in [0, 0.05) is 56.3 Å². The van der Waals surface area contributed by atoms with Gasteiger partial charge in [-0.25, -0.2) is 4.98 Å². The highest BCUT2D eigenvalue weighted by Gasteiger charge is 2.26. The Labute approximate surface area is 198 Å². The minimum absolute atomic E-state index is 0.101. The molecule has 0 saturated carbocycles. The van der Waals surface area contributed by atoms with Gasteiger partial charge in [0.15, 0.2) is 0 Å². The third kappa shape index (κ3) is 4.59. The van der Waals surface area contributed by atoms with Gasteiger partial charge < -0.3 is 14.5 Å². The summed E-state index contributed by atoms with van der Waals surface area (Å²) in [5.41, 5.74) is 3.10. The molecular weight excluding hydrogens is 430 g/mol. The summed E-state index contributed by atoms with van der Waals surface area (Å²) in [6, 6.07) is 13.0. The Morgan fingerprint density at radius 3 is 2.47 bits per heavy atom. The van der Waals surface area contributed by atoms with Gasteiger partial charge in [-0.1, -0.05) is 12.1 Å². The van der Waals surface area contributed by atoms with E-state index in [1.807, 2.05) is 41.3 Å². The number of pyridine rings is 1. The lowest BCUT2D eigenvalue weighted by molar-refractivity contribution is 0.0389. The molecule has 0 spiro atoms. The second kappa shape index (κ2) is 9.77. The van der Waals surface area contributed by atoms with Crippen molar-refractivity contribution in [2.24, 2.45) is 7.05 Å². The highest BCUT2D eigenvalue weighted by molar-refractivity contribution is 5.94. The number of anilines is 1. The summed E-state index contributed by atoms with van der Waals surface area (Å²) in [7, 11) is 1.74. The first-order chi connectivity index (χ1) is 16.6. The van der Waals surface area contributed by atoms with Gasteiger partial charge in [-0.2, -0.15) is 0 Å². The SMILES string of the molecule is Cn1c(N2CCO[C@@H](c3ccc(C(=O)N4CCCCC4)cc3)C2)nc(-c2ccncc2)cc1=O. The van der Waals surface area contributed by atoms with E-state index in [1.54, 1.807) is 30.1 Å². The number of benzene rings is 1. The standard InChI is InChI=1S/C26H29N5O3/c1-29-24(32)17-22(19-9-11-27-12-10-19)28-26(29)31-15-16-34-23(18-31)20-5-7-21(8-6-20)25(33)30-13-3-2-4-14-30/h5-12,17,23H,2-4,13-16,18H2,1H3/t23-/m1/s1. The Hall–Kier alpha value is -3.52. The molecule has 176 valence electrons. The molecule has 2 saturated heterocycles. The Balaban J connectivity index is 1.35. The fourth-order valence-electron chi connectivity index (χ4n) is 4.63. The van der Waals surface area contributed by atoms with E-state index in [2.05, 4.69) is 9.88 Å². The fourth-order valence-corrected chi connectivity index (χ4v) is 4.63. The molecule has 34 heavy (non-hydrogen) atoms. The van der Waals surface area contributed by atoms with Crippen LogP contribution in [0.1, 0.15) is 41.3 Å². The first-order valence-electron chi connectivity index (χ1n) is 11.8. The van der Waals surface area contributed by atoms with E-state index in [0.717, 1.165) is 37.1 Å². The molecule has 2 aromatic heterocycles. The van der Waals surface area contributed by atoms with Crippen molar-refractivity contribution in [3.63, 3.8) is 0 Å². The quantitative estimate of drug-likeness (QED) is 0.597. The van der Waals surface area contributed by atoms with Crippen molar-refractivity contribution in [1.29, 1.82) is 0 Å². The molecule has 5 rings (SSSR count). The van der Waals surface area contributed by atoms with E-state index in [4.69, 9.17) is 9.72 Å². The lowest BCUT2D eigenvalue weighted by Crippen LogP contribution is -2.41. The van der Waals surface area contributed by atoms with E-state index in [9.17, 15) is 9.59 Å². The fraction of sp³-hybridized carbons (Fsp3) is 0.385. The van der Waals surface area contributed by atoms with Crippen LogP contribution < -0.4 is 10.5 Å². The molecule has 0 aliphatic carbocycles. The van der Waals surface area contributed by atoms with Crippen molar-refractivity contribution in [3.05, 3.63) is 76.3 Å². The van der Waals surface area contributed by atoms with Crippen LogP contribution in [0, 0.1) is 0 Å². The predicted octanol–water partition coefficient (Wildman–Crippen LogP) is 3.05. The van der Waals surface area contributed by atoms with Crippen molar-refractivity contribution in [3.8, 4) is 11.3 Å². The van der Waals surface area contributed by atoms with Crippen LogP contribution in [0.5, 0.6) is 0 Å². The van der Waals surface area contributed by atoms with E-state index in [0.29, 0.717) is 36.9 Å².